The van der Waals surface area contributed by atoms with Gasteiger partial charge in [0, 0.05) is 50.1 Å². The maximum Gasteiger partial charge on any atom is 0.240 e. The first-order chi connectivity index (χ1) is 15.1. The second-order valence-corrected chi connectivity index (χ2v) is 7.98. The van der Waals surface area contributed by atoms with Crippen molar-refractivity contribution in [3.05, 3.63) is 48.7 Å². The van der Waals surface area contributed by atoms with Crippen LogP contribution in [0.4, 0.5) is 11.6 Å². The van der Waals surface area contributed by atoms with E-state index in [-0.39, 0.29) is 17.7 Å². The summed E-state index contributed by atoms with van der Waals surface area (Å²) >= 11 is 0. The van der Waals surface area contributed by atoms with Crippen molar-refractivity contribution in [2.45, 2.75) is 13.5 Å². The zero-order chi connectivity index (χ0) is 21.4. The van der Waals surface area contributed by atoms with E-state index in [2.05, 4.69) is 49.9 Å². The lowest BCUT2D eigenvalue weighted by atomic mass is 9.86. The number of allylic oxidation sites excluding steroid dienone is 4. The van der Waals surface area contributed by atoms with Crippen LogP contribution in [0.5, 0.6) is 0 Å². The average molecular weight is 419 g/mol. The van der Waals surface area contributed by atoms with Crippen molar-refractivity contribution in [2.75, 3.05) is 25.0 Å². The number of nitrogens with zero attached hydrogens (tertiary/aromatic N) is 7. The van der Waals surface area contributed by atoms with Crippen molar-refractivity contribution in [2.24, 2.45) is 18.9 Å². The molecule has 0 radical (unpaired) electrons. The van der Waals surface area contributed by atoms with Gasteiger partial charge in [-0.1, -0.05) is 19.1 Å². The van der Waals surface area contributed by atoms with E-state index in [1.165, 1.54) is 0 Å². The van der Waals surface area contributed by atoms with E-state index in [9.17, 15) is 4.79 Å². The summed E-state index contributed by atoms with van der Waals surface area (Å²) in [7, 11) is 1.86. The van der Waals surface area contributed by atoms with E-state index in [1.54, 1.807) is 23.3 Å². The summed E-state index contributed by atoms with van der Waals surface area (Å²) in [6.07, 6.45) is 13.4. The number of carbonyl (C=O) groups is 1. The van der Waals surface area contributed by atoms with Crippen LogP contribution in [0.1, 0.15) is 6.92 Å². The summed E-state index contributed by atoms with van der Waals surface area (Å²) in [4.78, 5) is 23.4. The van der Waals surface area contributed by atoms with Crippen molar-refractivity contribution in [3.63, 3.8) is 0 Å². The smallest absolute Gasteiger partial charge is 0.240 e. The number of fused-ring (bicyclic) bond motifs is 1. The number of hydrogen-bond donors (Lipinski definition) is 2. The third kappa shape index (κ3) is 3.81. The van der Waals surface area contributed by atoms with Gasteiger partial charge in [0.25, 0.3) is 0 Å². The van der Waals surface area contributed by atoms with Gasteiger partial charge in [0.1, 0.15) is 0 Å². The molecule has 1 fully saturated rings. The van der Waals surface area contributed by atoms with Gasteiger partial charge in [-0.15, -0.1) is 0 Å². The van der Waals surface area contributed by atoms with Gasteiger partial charge < -0.3 is 15.5 Å². The Labute approximate surface area is 179 Å². The number of nitrogens with one attached hydrogen (secondary N) is 2. The van der Waals surface area contributed by atoms with Gasteiger partial charge in [0.05, 0.1) is 36.6 Å². The van der Waals surface area contributed by atoms with E-state index in [4.69, 9.17) is 0 Å². The number of piperazine rings is 1. The maximum absolute atomic E-state index is 12.4. The summed E-state index contributed by atoms with van der Waals surface area (Å²) in [5.74, 6) is 1.03. The Morgan fingerprint density at radius 3 is 2.97 bits per heavy atom. The van der Waals surface area contributed by atoms with Crippen LogP contribution < -0.4 is 10.6 Å². The maximum atomic E-state index is 12.4. The number of aromatic nitrogens is 6. The Bertz CT molecular complexity index is 1170. The molecule has 3 aromatic rings. The van der Waals surface area contributed by atoms with Crippen molar-refractivity contribution < 1.29 is 4.79 Å². The van der Waals surface area contributed by atoms with E-state index in [1.807, 2.05) is 28.9 Å². The van der Waals surface area contributed by atoms with E-state index in [0.29, 0.717) is 25.6 Å². The molecule has 0 saturated carbocycles. The summed E-state index contributed by atoms with van der Waals surface area (Å²) in [5, 5.41) is 15.9. The number of aryl methyl sites for hydroxylation is 1. The second kappa shape index (κ2) is 7.95. The fourth-order valence-electron chi connectivity index (χ4n) is 4.14. The van der Waals surface area contributed by atoms with Crippen LogP contribution in [0, 0.1) is 11.8 Å². The van der Waals surface area contributed by atoms with E-state index in [0.717, 1.165) is 29.0 Å². The predicted octanol–water partition coefficient (Wildman–Crippen LogP) is 1.44. The Morgan fingerprint density at radius 2 is 2.16 bits per heavy atom. The number of carbonyl (C=O) groups excluding carboxylic acids is 1. The van der Waals surface area contributed by atoms with Crippen LogP contribution in [-0.2, 0) is 18.4 Å². The highest BCUT2D eigenvalue weighted by atomic mass is 16.2. The molecule has 1 amide bonds. The first-order valence-electron chi connectivity index (χ1n) is 10.4. The van der Waals surface area contributed by atoms with Gasteiger partial charge >= 0.3 is 0 Å². The molecular weight excluding hydrogens is 394 g/mol. The molecule has 0 bridgehead atoms. The van der Waals surface area contributed by atoms with Crippen LogP contribution in [0.15, 0.2) is 48.7 Å². The SMILES string of the molecule is CC1C(N2CCNCC2=O)=CC=CC1Cn1ncc2cnc(Nc3cnn(C)c3)nc21. The summed E-state index contributed by atoms with van der Waals surface area (Å²) in [6, 6.07) is 0. The first kappa shape index (κ1) is 19.4. The lowest BCUT2D eigenvalue weighted by Crippen LogP contribution is -2.49. The fourth-order valence-corrected chi connectivity index (χ4v) is 4.14. The van der Waals surface area contributed by atoms with Crippen molar-refractivity contribution in [3.8, 4) is 0 Å². The molecule has 2 N–H and O–H groups in total. The molecule has 3 aromatic heterocycles. The Kier molecular flexibility index (Phi) is 4.99. The minimum absolute atomic E-state index is 0.127. The van der Waals surface area contributed by atoms with Crippen molar-refractivity contribution in [1.82, 2.24) is 39.7 Å². The summed E-state index contributed by atoms with van der Waals surface area (Å²) in [5.41, 5.74) is 2.67. The van der Waals surface area contributed by atoms with Gasteiger partial charge in [-0.05, 0) is 6.08 Å². The topological polar surface area (TPSA) is 106 Å². The summed E-state index contributed by atoms with van der Waals surface area (Å²) in [6.45, 7) is 4.76. The highest BCUT2D eigenvalue weighted by Gasteiger charge is 2.30. The van der Waals surface area contributed by atoms with Gasteiger partial charge in [-0.2, -0.15) is 15.2 Å². The number of rotatable bonds is 5. The lowest BCUT2D eigenvalue weighted by Gasteiger charge is -2.36. The molecule has 2 unspecified atom stereocenters. The molecule has 1 aliphatic carbocycles. The molecule has 10 heteroatoms. The van der Waals surface area contributed by atoms with Crippen LogP contribution in [0.3, 0.4) is 0 Å². The van der Waals surface area contributed by atoms with Crippen LogP contribution in [-0.4, -0.2) is 60.0 Å². The lowest BCUT2D eigenvalue weighted by molar-refractivity contribution is -0.130. The van der Waals surface area contributed by atoms with E-state index >= 15 is 0 Å². The third-order valence-corrected chi connectivity index (χ3v) is 5.86. The number of anilines is 2. The van der Waals surface area contributed by atoms with Gasteiger partial charge in [-0.25, -0.2) is 9.67 Å². The molecular formula is C21H25N9O. The molecule has 0 aromatic carbocycles. The van der Waals surface area contributed by atoms with Crippen LogP contribution in [0.2, 0.25) is 0 Å². The molecule has 1 aliphatic heterocycles. The number of amides is 1. The predicted molar refractivity (Wildman–Crippen MR) is 116 cm³/mol. The molecule has 1 saturated heterocycles. The van der Waals surface area contributed by atoms with Crippen molar-refractivity contribution >= 4 is 28.6 Å². The zero-order valence-corrected chi connectivity index (χ0v) is 17.6. The quantitative estimate of drug-likeness (QED) is 0.645. The van der Waals surface area contributed by atoms with Crippen LogP contribution >= 0.6 is 0 Å². The Balaban J connectivity index is 1.36. The Hall–Kier alpha value is -3.53. The minimum atomic E-state index is 0.127. The normalized spacial score (nSPS) is 21.5. The molecule has 0 spiro atoms. The van der Waals surface area contributed by atoms with E-state index < -0.39 is 0 Å². The third-order valence-electron chi connectivity index (χ3n) is 5.86. The minimum Gasteiger partial charge on any atom is -0.321 e. The highest BCUT2D eigenvalue weighted by Crippen LogP contribution is 2.31. The number of hydrogen-bond acceptors (Lipinski definition) is 7. The second-order valence-electron chi connectivity index (χ2n) is 7.98. The van der Waals surface area contributed by atoms with Gasteiger partial charge in [0.2, 0.25) is 11.9 Å². The average Bonchev–Trinajstić information content (AvgIpc) is 3.36. The van der Waals surface area contributed by atoms with Crippen LogP contribution in [0.25, 0.3) is 11.0 Å². The molecule has 160 valence electrons. The Morgan fingerprint density at radius 1 is 1.26 bits per heavy atom. The first-order valence-corrected chi connectivity index (χ1v) is 10.4. The fraction of sp³-hybridized carbons (Fsp3) is 0.381. The molecule has 31 heavy (non-hydrogen) atoms. The zero-order valence-electron chi connectivity index (χ0n) is 17.6. The highest BCUT2D eigenvalue weighted by molar-refractivity contribution is 5.81. The molecule has 2 atom stereocenters. The van der Waals surface area contributed by atoms with Crippen molar-refractivity contribution in [1.29, 1.82) is 0 Å². The summed E-state index contributed by atoms with van der Waals surface area (Å²) < 4.78 is 3.63. The molecule has 5 rings (SSSR count). The molecule has 2 aliphatic rings. The largest absolute Gasteiger partial charge is 0.321 e. The molecule has 4 heterocycles. The monoisotopic (exact) mass is 419 g/mol. The van der Waals surface area contributed by atoms with Gasteiger partial charge in [-0.3, -0.25) is 9.48 Å². The van der Waals surface area contributed by atoms with Gasteiger partial charge in [0.15, 0.2) is 5.65 Å². The molecule has 10 nitrogen and oxygen atoms in total. The standard InChI is InChI=1S/C21H25N9O/c1-14-15(4-3-5-18(14)29-7-6-22-11-19(29)31)12-30-20-16(9-25-30)8-23-21(27-20)26-17-10-24-28(2)13-17/h3-5,8-10,13-15,22H,6-7,11-12H2,1-2H3,(H,23,26,27).